The first-order valence-corrected chi connectivity index (χ1v) is 8.71. The van der Waals surface area contributed by atoms with Gasteiger partial charge in [-0.25, -0.2) is 4.98 Å². The average Bonchev–Trinajstić information content (AvgIpc) is 3.33. The van der Waals surface area contributed by atoms with Crippen molar-refractivity contribution in [3.63, 3.8) is 0 Å². The summed E-state index contributed by atoms with van der Waals surface area (Å²) < 4.78 is 7.27. The first-order valence-electron chi connectivity index (χ1n) is 8.71. The molecule has 0 bridgehead atoms. The third-order valence-electron chi connectivity index (χ3n) is 4.29. The van der Waals surface area contributed by atoms with Crippen molar-refractivity contribution >= 4 is 16.9 Å². The Morgan fingerprint density at radius 1 is 1.46 bits per heavy atom. The molecule has 1 saturated carbocycles. The number of carbonyl (C=O) groups is 1. The standard InChI is InChI=1S/C18H26N4O2/c1-11(2)24-9-5-8-19-18(23)14-10-15(13-6-7-13)20-17-16(14)12(3)21-22(17)4/h10-11,13H,5-9H2,1-4H3,(H,19,23). The molecule has 2 heterocycles. The second-order valence-electron chi connectivity index (χ2n) is 6.81. The van der Waals surface area contributed by atoms with Gasteiger partial charge < -0.3 is 10.1 Å². The van der Waals surface area contributed by atoms with Crippen molar-refractivity contribution in [1.82, 2.24) is 20.1 Å². The molecule has 0 aromatic carbocycles. The van der Waals surface area contributed by atoms with Crippen LogP contribution in [0.3, 0.4) is 0 Å². The van der Waals surface area contributed by atoms with E-state index in [0.717, 1.165) is 41.7 Å². The van der Waals surface area contributed by atoms with E-state index >= 15 is 0 Å². The maximum atomic E-state index is 12.7. The van der Waals surface area contributed by atoms with Crippen molar-refractivity contribution in [3.05, 3.63) is 23.0 Å². The Balaban J connectivity index is 1.78. The van der Waals surface area contributed by atoms with Gasteiger partial charge in [0.15, 0.2) is 5.65 Å². The number of nitrogens with one attached hydrogen (secondary N) is 1. The van der Waals surface area contributed by atoms with Crippen molar-refractivity contribution in [2.24, 2.45) is 7.05 Å². The van der Waals surface area contributed by atoms with E-state index in [-0.39, 0.29) is 12.0 Å². The molecule has 1 fully saturated rings. The monoisotopic (exact) mass is 330 g/mol. The highest BCUT2D eigenvalue weighted by Crippen LogP contribution is 2.40. The molecule has 1 amide bonds. The molecule has 130 valence electrons. The summed E-state index contributed by atoms with van der Waals surface area (Å²) in [7, 11) is 1.88. The number of pyridine rings is 1. The Morgan fingerprint density at radius 2 is 2.21 bits per heavy atom. The summed E-state index contributed by atoms with van der Waals surface area (Å²) in [5.41, 5.74) is 3.34. The van der Waals surface area contributed by atoms with Crippen molar-refractivity contribution in [2.45, 2.75) is 52.1 Å². The van der Waals surface area contributed by atoms with Gasteiger partial charge in [0.05, 0.1) is 22.7 Å². The summed E-state index contributed by atoms with van der Waals surface area (Å²) in [6.45, 7) is 7.21. The fraction of sp³-hybridized carbons (Fsp3) is 0.611. The number of aryl methyl sites for hydroxylation is 2. The van der Waals surface area contributed by atoms with Crippen molar-refractivity contribution in [2.75, 3.05) is 13.2 Å². The number of ether oxygens (including phenoxy) is 1. The predicted molar refractivity (Wildman–Crippen MR) is 93.3 cm³/mol. The van der Waals surface area contributed by atoms with E-state index in [2.05, 4.69) is 10.4 Å². The smallest absolute Gasteiger partial charge is 0.252 e. The van der Waals surface area contributed by atoms with Crippen LogP contribution in [0.15, 0.2) is 6.07 Å². The lowest BCUT2D eigenvalue weighted by Gasteiger charge is -2.10. The molecular weight excluding hydrogens is 304 g/mol. The quantitative estimate of drug-likeness (QED) is 0.793. The summed E-state index contributed by atoms with van der Waals surface area (Å²) in [5, 5.41) is 8.30. The number of amides is 1. The van der Waals surface area contributed by atoms with E-state index in [4.69, 9.17) is 9.72 Å². The second-order valence-corrected chi connectivity index (χ2v) is 6.81. The van der Waals surface area contributed by atoms with Crippen LogP contribution in [0.25, 0.3) is 11.0 Å². The Hall–Kier alpha value is -1.95. The topological polar surface area (TPSA) is 69.0 Å². The first kappa shape index (κ1) is 16.9. The highest BCUT2D eigenvalue weighted by molar-refractivity contribution is 6.06. The van der Waals surface area contributed by atoms with Crippen LogP contribution in [-0.2, 0) is 11.8 Å². The lowest BCUT2D eigenvalue weighted by molar-refractivity contribution is 0.0757. The largest absolute Gasteiger partial charge is 0.379 e. The Labute approximate surface area is 142 Å². The Bertz CT molecular complexity index is 747. The van der Waals surface area contributed by atoms with Crippen LogP contribution < -0.4 is 5.32 Å². The third-order valence-corrected chi connectivity index (χ3v) is 4.29. The number of hydrogen-bond acceptors (Lipinski definition) is 4. The molecule has 0 atom stereocenters. The summed E-state index contributed by atoms with van der Waals surface area (Å²) in [6, 6.07) is 1.95. The zero-order valence-corrected chi connectivity index (χ0v) is 14.9. The van der Waals surface area contributed by atoms with Gasteiger partial charge in [0.25, 0.3) is 5.91 Å². The maximum Gasteiger partial charge on any atom is 0.252 e. The van der Waals surface area contributed by atoms with Gasteiger partial charge in [-0.3, -0.25) is 9.48 Å². The third kappa shape index (κ3) is 3.59. The summed E-state index contributed by atoms with van der Waals surface area (Å²) >= 11 is 0. The van der Waals surface area contributed by atoms with Crippen molar-refractivity contribution in [1.29, 1.82) is 0 Å². The van der Waals surface area contributed by atoms with Crippen molar-refractivity contribution < 1.29 is 9.53 Å². The molecule has 6 heteroatoms. The van der Waals surface area contributed by atoms with Gasteiger partial charge in [0.1, 0.15) is 0 Å². The number of fused-ring (bicyclic) bond motifs is 1. The van der Waals surface area contributed by atoms with Crippen LogP contribution in [0.2, 0.25) is 0 Å². The van der Waals surface area contributed by atoms with Gasteiger partial charge in [0.2, 0.25) is 0 Å². The van der Waals surface area contributed by atoms with Gasteiger partial charge in [-0.2, -0.15) is 5.10 Å². The van der Waals surface area contributed by atoms with Crippen LogP contribution in [0.1, 0.15) is 60.8 Å². The average molecular weight is 330 g/mol. The zero-order valence-electron chi connectivity index (χ0n) is 14.9. The van der Waals surface area contributed by atoms with Gasteiger partial charge in [-0.15, -0.1) is 0 Å². The molecule has 24 heavy (non-hydrogen) atoms. The fourth-order valence-electron chi connectivity index (χ4n) is 2.92. The van der Waals surface area contributed by atoms with Gasteiger partial charge in [-0.1, -0.05) is 0 Å². The van der Waals surface area contributed by atoms with E-state index in [1.165, 1.54) is 0 Å². The number of carbonyl (C=O) groups excluding carboxylic acids is 1. The molecule has 0 saturated heterocycles. The zero-order chi connectivity index (χ0) is 17.3. The molecule has 0 unspecified atom stereocenters. The number of nitrogens with zero attached hydrogens (tertiary/aromatic N) is 3. The Kier molecular flexibility index (Phi) is 4.85. The van der Waals surface area contributed by atoms with Crippen LogP contribution in [0.5, 0.6) is 0 Å². The molecule has 1 aliphatic carbocycles. The van der Waals surface area contributed by atoms with E-state index in [1.54, 1.807) is 4.68 Å². The van der Waals surface area contributed by atoms with Crippen LogP contribution in [0, 0.1) is 6.92 Å². The molecule has 3 rings (SSSR count). The summed E-state index contributed by atoms with van der Waals surface area (Å²) in [4.78, 5) is 17.4. The van der Waals surface area contributed by atoms with Gasteiger partial charge in [0, 0.05) is 31.8 Å². The molecule has 2 aromatic rings. The molecule has 0 spiro atoms. The van der Waals surface area contributed by atoms with E-state index in [0.29, 0.717) is 24.6 Å². The molecule has 0 radical (unpaired) electrons. The fourth-order valence-corrected chi connectivity index (χ4v) is 2.92. The maximum absolute atomic E-state index is 12.7. The van der Waals surface area contributed by atoms with E-state index in [1.807, 2.05) is 33.9 Å². The van der Waals surface area contributed by atoms with Crippen molar-refractivity contribution in [3.8, 4) is 0 Å². The molecule has 2 aromatic heterocycles. The lowest BCUT2D eigenvalue weighted by atomic mass is 10.1. The van der Waals surface area contributed by atoms with Crippen LogP contribution in [-0.4, -0.2) is 39.9 Å². The highest BCUT2D eigenvalue weighted by atomic mass is 16.5. The minimum atomic E-state index is -0.0510. The molecule has 1 N–H and O–H groups in total. The number of aromatic nitrogens is 3. The van der Waals surface area contributed by atoms with Gasteiger partial charge >= 0.3 is 0 Å². The molecule has 6 nitrogen and oxygen atoms in total. The number of rotatable bonds is 7. The molecule has 1 aliphatic rings. The van der Waals surface area contributed by atoms with E-state index < -0.39 is 0 Å². The van der Waals surface area contributed by atoms with Gasteiger partial charge in [-0.05, 0) is 46.1 Å². The van der Waals surface area contributed by atoms with Crippen LogP contribution in [0.4, 0.5) is 0 Å². The van der Waals surface area contributed by atoms with Crippen LogP contribution >= 0.6 is 0 Å². The normalized spacial score (nSPS) is 14.5. The minimum absolute atomic E-state index is 0.0510. The van der Waals surface area contributed by atoms with E-state index in [9.17, 15) is 4.79 Å². The highest BCUT2D eigenvalue weighted by Gasteiger charge is 2.28. The SMILES string of the molecule is Cc1nn(C)c2nc(C3CC3)cc(C(=O)NCCCOC(C)C)c12. The summed E-state index contributed by atoms with van der Waals surface area (Å²) in [6.07, 6.45) is 3.34. The minimum Gasteiger partial charge on any atom is -0.379 e. The predicted octanol–water partition coefficient (Wildman–Crippen LogP) is 2.70. The molecule has 0 aliphatic heterocycles. The Morgan fingerprint density at radius 3 is 2.88 bits per heavy atom. The second kappa shape index (κ2) is 6.89. The lowest BCUT2D eigenvalue weighted by Crippen LogP contribution is -2.26. The number of hydrogen-bond donors (Lipinski definition) is 1. The molecular formula is C18H26N4O2. The first-order chi connectivity index (χ1) is 11.5. The summed E-state index contributed by atoms with van der Waals surface area (Å²) in [5.74, 6) is 0.445.